The highest BCUT2D eigenvalue weighted by atomic mass is 127. The lowest BCUT2D eigenvalue weighted by atomic mass is 10.1. The molecule has 0 radical (unpaired) electrons. The average Bonchev–Trinajstić information content (AvgIpc) is 2.62. The van der Waals surface area contributed by atoms with Crippen LogP contribution in [0, 0.1) is 6.92 Å². The predicted molar refractivity (Wildman–Crippen MR) is 124 cm³/mol. The SMILES string of the molecule is CCN(CC)CCNc1ccc(C)c2sc3c(O)cccc3c(=O)c12.I. The maximum absolute atomic E-state index is 13.1. The van der Waals surface area contributed by atoms with Gasteiger partial charge in [0, 0.05) is 28.9 Å². The smallest absolute Gasteiger partial charge is 0.198 e. The summed E-state index contributed by atoms with van der Waals surface area (Å²) < 4.78 is 1.59. The predicted octanol–water partition coefficient (Wildman–Crippen LogP) is 4.80. The summed E-state index contributed by atoms with van der Waals surface area (Å²) in [5.74, 6) is 0.167. The van der Waals surface area contributed by atoms with Crippen molar-refractivity contribution in [2.75, 3.05) is 31.5 Å². The van der Waals surface area contributed by atoms with Gasteiger partial charge in [-0.1, -0.05) is 26.0 Å². The number of nitrogens with one attached hydrogen (secondary N) is 1. The number of phenolic OH excluding ortho intramolecular Hbond substituents is 1. The second-order valence-corrected chi connectivity index (χ2v) is 7.19. The van der Waals surface area contributed by atoms with Gasteiger partial charge >= 0.3 is 0 Å². The Bertz CT molecular complexity index is 967. The van der Waals surface area contributed by atoms with Gasteiger partial charge in [-0.25, -0.2) is 0 Å². The van der Waals surface area contributed by atoms with Crippen LogP contribution in [0.2, 0.25) is 0 Å². The molecule has 0 aliphatic rings. The molecule has 0 saturated heterocycles. The molecule has 2 aromatic carbocycles. The molecule has 4 nitrogen and oxygen atoms in total. The van der Waals surface area contributed by atoms with Crippen LogP contribution in [0.3, 0.4) is 0 Å². The highest BCUT2D eigenvalue weighted by Gasteiger charge is 2.14. The number of hydrogen-bond donors (Lipinski definition) is 2. The van der Waals surface area contributed by atoms with E-state index in [0.717, 1.165) is 47.5 Å². The van der Waals surface area contributed by atoms with Crippen molar-refractivity contribution in [3.63, 3.8) is 0 Å². The Morgan fingerprint density at radius 2 is 1.85 bits per heavy atom. The number of anilines is 1. The number of likely N-dealkylation sites (N-methyl/N-ethyl adjacent to an activating group) is 1. The van der Waals surface area contributed by atoms with E-state index in [1.165, 1.54) is 11.3 Å². The van der Waals surface area contributed by atoms with Gasteiger partial charge in [0.1, 0.15) is 5.75 Å². The minimum absolute atomic E-state index is 0. The van der Waals surface area contributed by atoms with E-state index >= 15 is 0 Å². The Morgan fingerprint density at radius 3 is 2.54 bits per heavy atom. The topological polar surface area (TPSA) is 52.6 Å². The van der Waals surface area contributed by atoms with Crippen LogP contribution in [-0.4, -0.2) is 36.2 Å². The summed E-state index contributed by atoms with van der Waals surface area (Å²) in [5.41, 5.74) is 1.91. The monoisotopic (exact) mass is 484 g/mol. The van der Waals surface area contributed by atoms with Crippen molar-refractivity contribution >= 4 is 61.2 Å². The normalized spacial score (nSPS) is 11.1. The van der Waals surface area contributed by atoms with Crippen LogP contribution in [-0.2, 0) is 0 Å². The number of benzene rings is 2. The molecule has 1 heterocycles. The first-order valence-electron chi connectivity index (χ1n) is 8.71. The summed E-state index contributed by atoms with van der Waals surface area (Å²) in [6.45, 7) is 10.1. The van der Waals surface area contributed by atoms with E-state index in [0.29, 0.717) is 10.1 Å². The number of nitrogens with zero attached hydrogens (tertiary/aromatic N) is 1. The zero-order chi connectivity index (χ0) is 18.0. The fraction of sp³-hybridized carbons (Fsp3) is 0.350. The van der Waals surface area contributed by atoms with E-state index in [1.807, 2.05) is 19.1 Å². The van der Waals surface area contributed by atoms with E-state index < -0.39 is 0 Å². The third-order valence-corrected chi connectivity index (χ3v) is 6.03. The Kier molecular flexibility index (Phi) is 7.25. The molecule has 2 N–H and O–H groups in total. The van der Waals surface area contributed by atoms with Gasteiger partial charge in [0.2, 0.25) is 0 Å². The molecule has 0 amide bonds. The van der Waals surface area contributed by atoms with Gasteiger partial charge in [-0.3, -0.25) is 4.79 Å². The van der Waals surface area contributed by atoms with Crippen LogP contribution in [0.4, 0.5) is 5.69 Å². The van der Waals surface area contributed by atoms with Gasteiger partial charge in [0.25, 0.3) is 0 Å². The Balaban J connectivity index is 0.00000243. The Morgan fingerprint density at radius 1 is 1.12 bits per heavy atom. The van der Waals surface area contributed by atoms with Crippen LogP contribution in [0.15, 0.2) is 35.1 Å². The Hall–Kier alpha value is -1.38. The zero-order valence-corrected chi connectivity index (χ0v) is 18.5. The summed E-state index contributed by atoms with van der Waals surface area (Å²) in [5, 5.41) is 14.9. The standard InChI is InChI=1S/C20H24N2O2S.HI/c1-4-22(5-2)12-11-21-15-10-9-13(3)19-17(15)18(24)14-7-6-8-16(23)20(14)25-19;/h6-10,21,23H,4-5,11-12H2,1-3H3;1H. The van der Waals surface area contributed by atoms with E-state index in [1.54, 1.807) is 18.2 Å². The van der Waals surface area contributed by atoms with Crippen molar-refractivity contribution in [2.24, 2.45) is 0 Å². The molecular formula is C20H25IN2O2S. The molecular weight excluding hydrogens is 459 g/mol. The van der Waals surface area contributed by atoms with Gasteiger partial charge < -0.3 is 15.3 Å². The quantitative estimate of drug-likeness (QED) is 0.390. The molecule has 6 heteroatoms. The second-order valence-electron chi connectivity index (χ2n) is 6.17. The molecule has 26 heavy (non-hydrogen) atoms. The molecule has 0 atom stereocenters. The van der Waals surface area contributed by atoms with Crippen molar-refractivity contribution < 1.29 is 5.11 Å². The molecule has 0 aliphatic carbocycles. The molecule has 0 spiro atoms. The lowest BCUT2D eigenvalue weighted by Gasteiger charge is -2.19. The molecule has 0 saturated carbocycles. The molecule has 140 valence electrons. The van der Waals surface area contributed by atoms with E-state index in [2.05, 4.69) is 24.1 Å². The van der Waals surface area contributed by atoms with Gasteiger partial charge in [0.15, 0.2) is 5.43 Å². The van der Waals surface area contributed by atoms with E-state index in [-0.39, 0.29) is 35.2 Å². The summed E-state index contributed by atoms with van der Waals surface area (Å²) >= 11 is 1.48. The van der Waals surface area contributed by atoms with Crippen LogP contribution >= 0.6 is 35.3 Å². The molecule has 1 aromatic heterocycles. The van der Waals surface area contributed by atoms with Crippen molar-refractivity contribution in [3.05, 3.63) is 46.1 Å². The molecule has 0 aliphatic heterocycles. The number of rotatable bonds is 6. The summed E-state index contributed by atoms with van der Waals surface area (Å²) in [6, 6.07) is 9.16. The third-order valence-electron chi connectivity index (χ3n) is 4.66. The van der Waals surface area contributed by atoms with Gasteiger partial charge in [0.05, 0.1) is 10.1 Å². The molecule has 3 rings (SSSR count). The molecule has 0 fully saturated rings. The van der Waals surface area contributed by atoms with E-state index in [4.69, 9.17) is 0 Å². The first kappa shape index (κ1) is 20.9. The second kappa shape index (κ2) is 9.01. The lowest BCUT2D eigenvalue weighted by Crippen LogP contribution is -2.28. The fourth-order valence-electron chi connectivity index (χ4n) is 3.13. The van der Waals surface area contributed by atoms with Gasteiger partial charge in [-0.05, 0) is 43.8 Å². The maximum atomic E-state index is 13.1. The summed E-state index contributed by atoms with van der Waals surface area (Å²) in [7, 11) is 0. The number of hydrogen-bond acceptors (Lipinski definition) is 5. The number of phenols is 1. The average molecular weight is 484 g/mol. The first-order valence-corrected chi connectivity index (χ1v) is 9.52. The largest absolute Gasteiger partial charge is 0.506 e. The van der Waals surface area contributed by atoms with Crippen molar-refractivity contribution in [1.82, 2.24) is 4.90 Å². The maximum Gasteiger partial charge on any atom is 0.198 e. The molecule has 0 unspecified atom stereocenters. The van der Waals surface area contributed by atoms with Crippen LogP contribution < -0.4 is 10.7 Å². The summed E-state index contributed by atoms with van der Waals surface area (Å²) in [6.07, 6.45) is 0. The minimum atomic E-state index is -0.0197. The number of halogens is 1. The molecule has 0 bridgehead atoms. The first-order chi connectivity index (χ1) is 12.1. The third kappa shape index (κ3) is 3.97. The van der Waals surface area contributed by atoms with Crippen LogP contribution in [0.25, 0.3) is 20.2 Å². The lowest BCUT2D eigenvalue weighted by molar-refractivity contribution is 0.316. The van der Waals surface area contributed by atoms with Crippen LogP contribution in [0.1, 0.15) is 19.4 Å². The van der Waals surface area contributed by atoms with E-state index in [9.17, 15) is 9.90 Å². The van der Waals surface area contributed by atoms with Crippen molar-refractivity contribution in [1.29, 1.82) is 0 Å². The van der Waals surface area contributed by atoms with Crippen molar-refractivity contribution in [2.45, 2.75) is 20.8 Å². The minimum Gasteiger partial charge on any atom is -0.506 e. The number of aromatic hydroxyl groups is 1. The highest BCUT2D eigenvalue weighted by Crippen LogP contribution is 2.35. The van der Waals surface area contributed by atoms with Gasteiger partial charge in [-0.15, -0.1) is 35.3 Å². The van der Waals surface area contributed by atoms with Gasteiger partial charge in [-0.2, -0.15) is 0 Å². The highest BCUT2D eigenvalue weighted by molar-refractivity contribution is 14.0. The number of fused-ring (bicyclic) bond motifs is 2. The fourth-order valence-corrected chi connectivity index (χ4v) is 4.31. The number of aryl methyl sites for hydroxylation is 1. The van der Waals surface area contributed by atoms with Crippen molar-refractivity contribution in [3.8, 4) is 5.75 Å². The van der Waals surface area contributed by atoms with Crippen LogP contribution in [0.5, 0.6) is 5.75 Å². The molecule has 3 aromatic rings. The zero-order valence-electron chi connectivity index (χ0n) is 15.3. The summed E-state index contributed by atoms with van der Waals surface area (Å²) in [4.78, 5) is 15.4. The Labute approximate surface area is 174 Å².